The molecule has 0 unspecified atom stereocenters. The fourth-order valence-electron chi connectivity index (χ4n) is 3.56. The number of allylic oxidation sites excluding steroid dienone is 1. The molecule has 27 heavy (non-hydrogen) atoms. The molecule has 2 atom stereocenters. The molecule has 4 rings (SSSR count). The summed E-state index contributed by atoms with van der Waals surface area (Å²) in [7, 11) is 0. The summed E-state index contributed by atoms with van der Waals surface area (Å²) in [5, 5.41) is 22.0. The molecule has 1 N–H and O–H groups in total. The first kappa shape index (κ1) is 18.1. The van der Waals surface area contributed by atoms with E-state index >= 15 is 0 Å². The maximum atomic E-state index is 13.3. The molecule has 2 aromatic rings. The van der Waals surface area contributed by atoms with Gasteiger partial charge in [0.1, 0.15) is 5.82 Å². The van der Waals surface area contributed by atoms with Crippen LogP contribution in [0.1, 0.15) is 23.5 Å². The van der Waals surface area contributed by atoms with Crippen molar-refractivity contribution in [1.29, 1.82) is 5.26 Å². The molecule has 2 aromatic carbocycles. The Bertz CT molecular complexity index is 1000. The van der Waals surface area contributed by atoms with Gasteiger partial charge in [0.05, 0.1) is 22.4 Å². The highest BCUT2D eigenvalue weighted by Crippen LogP contribution is 2.51. The third-order valence-corrected chi connectivity index (χ3v) is 6.33. The summed E-state index contributed by atoms with van der Waals surface area (Å²) in [6.07, 6.45) is 0.0524. The van der Waals surface area contributed by atoms with Crippen molar-refractivity contribution >= 4 is 29.3 Å². The van der Waals surface area contributed by atoms with Gasteiger partial charge in [0.25, 0.3) is 0 Å². The molecule has 0 radical (unpaired) electrons. The van der Waals surface area contributed by atoms with E-state index < -0.39 is 17.5 Å². The van der Waals surface area contributed by atoms with Gasteiger partial charge in [-0.3, -0.25) is 9.69 Å². The zero-order valence-electron chi connectivity index (χ0n) is 14.0. The fourth-order valence-corrected chi connectivity index (χ4v) is 5.12. The normalized spacial score (nSPS) is 24.7. The summed E-state index contributed by atoms with van der Waals surface area (Å²) >= 11 is 7.33. The minimum Gasteiger partial charge on any atom is -0.366 e. The number of benzene rings is 2. The molecule has 0 bridgehead atoms. The second kappa shape index (κ2) is 6.68. The molecule has 0 spiro atoms. The average Bonchev–Trinajstić information content (AvgIpc) is 3.01. The van der Waals surface area contributed by atoms with E-state index in [-0.39, 0.29) is 18.1 Å². The van der Waals surface area contributed by atoms with Crippen LogP contribution in [0.2, 0.25) is 5.02 Å². The predicted molar refractivity (Wildman–Crippen MR) is 101 cm³/mol. The molecular formula is C20H14ClFN2O2S. The number of aliphatic hydroxyl groups is 1. The van der Waals surface area contributed by atoms with Crippen LogP contribution in [0.3, 0.4) is 0 Å². The molecule has 0 aliphatic carbocycles. The summed E-state index contributed by atoms with van der Waals surface area (Å²) in [6.45, 7) is 0. The lowest BCUT2D eigenvalue weighted by molar-refractivity contribution is -0.149. The smallest absolute Gasteiger partial charge is 0.231 e. The van der Waals surface area contributed by atoms with E-state index in [9.17, 15) is 19.6 Å². The zero-order valence-corrected chi connectivity index (χ0v) is 15.6. The van der Waals surface area contributed by atoms with Gasteiger partial charge in [-0.1, -0.05) is 35.9 Å². The SMILES string of the molecule is N#CC1=C2SC[C@@](O)(c3ccc(F)cc3)N2C(=O)C[C@@H]1c1cccc(Cl)c1. The molecule has 0 aromatic heterocycles. The first-order valence-electron chi connectivity index (χ1n) is 8.28. The van der Waals surface area contributed by atoms with Crippen LogP contribution < -0.4 is 0 Å². The number of carbonyl (C=O) groups is 1. The van der Waals surface area contributed by atoms with E-state index in [2.05, 4.69) is 6.07 Å². The van der Waals surface area contributed by atoms with Gasteiger partial charge in [-0.05, 0) is 29.8 Å². The molecule has 1 fully saturated rings. The van der Waals surface area contributed by atoms with Gasteiger partial charge in [0, 0.05) is 22.9 Å². The monoisotopic (exact) mass is 400 g/mol. The van der Waals surface area contributed by atoms with E-state index in [0.717, 1.165) is 5.56 Å². The van der Waals surface area contributed by atoms with Crippen LogP contribution in [0.15, 0.2) is 59.1 Å². The summed E-state index contributed by atoms with van der Waals surface area (Å²) in [6, 6.07) is 14.7. The number of hydrogen-bond acceptors (Lipinski definition) is 4. The van der Waals surface area contributed by atoms with Crippen LogP contribution in [0, 0.1) is 17.1 Å². The highest BCUT2D eigenvalue weighted by Gasteiger charge is 2.51. The third kappa shape index (κ3) is 2.92. The second-order valence-corrected chi connectivity index (χ2v) is 7.88. The highest BCUT2D eigenvalue weighted by atomic mass is 35.5. The second-order valence-electron chi connectivity index (χ2n) is 6.48. The lowest BCUT2D eigenvalue weighted by atomic mass is 9.85. The third-order valence-electron chi connectivity index (χ3n) is 4.87. The van der Waals surface area contributed by atoms with Crippen molar-refractivity contribution < 1.29 is 14.3 Å². The number of halogens is 2. The van der Waals surface area contributed by atoms with Crippen molar-refractivity contribution in [2.24, 2.45) is 0 Å². The molecular weight excluding hydrogens is 387 g/mol. The molecule has 2 heterocycles. The largest absolute Gasteiger partial charge is 0.366 e. The minimum absolute atomic E-state index is 0.0524. The summed E-state index contributed by atoms with van der Waals surface area (Å²) < 4.78 is 13.3. The average molecular weight is 401 g/mol. The van der Waals surface area contributed by atoms with Gasteiger partial charge >= 0.3 is 0 Å². The Morgan fingerprint density at radius 2 is 2.04 bits per heavy atom. The molecule has 1 amide bonds. The maximum absolute atomic E-state index is 13.3. The number of fused-ring (bicyclic) bond motifs is 1. The standard InChI is InChI=1S/C20H14ClFN2O2S/c21-14-3-1-2-12(8-14)16-9-18(25)24-19(17(16)10-23)27-11-20(24,26)13-4-6-15(22)7-5-13/h1-8,16,26H,9,11H2/t16-,20-/m1/s1. The maximum Gasteiger partial charge on any atom is 0.231 e. The number of carbonyl (C=O) groups excluding carboxylic acids is 1. The first-order chi connectivity index (χ1) is 12.9. The summed E-state index contributed by atoms with van der Waals surface area (Å²) in [4.78, 5) is 14.2. The molecule has 1 saturated heterocycles. The Labute approximate surface area is 164 Å². The van der Waals surface area contributed by atoms with Crippen LogP contribution in [-0.2, 0) is 10.5 Å². The number of hydrogen-bond donors (Lipinski definition) is 1. The van der Waals surface area contributed by atoms with Gasteiger partial charge in [-0.15, -0.1) is 11.8 Å². The van der Waals surface area contributed by atoms with Crippen molar-refractivity contribution in [1.82, 2.24) is 4.90 Å². The van der Waals surface area contributed by atoms with E-state index in [1.54, 1.807) is 18.2 Å². The Kier molecular flexibility index (Phi) is 4.47. The van der Waals surface area contributed by atoms with Crippen LogP contribution in [0.5, 0.6) is 0 Å². The zero-order chi connectivity index (χ0) is 19.2. The van der Waals surface area contributed by atoms with E-state index in [4.69, 9.17) is 11.6 Å². The topological polar surface area (TPSA) is 64.3 Å². The molecule has 0 saturated carbocycles. The van der Waals surface area contributed by atoms with Gasteiger partial charge in [-0.2, -0.15) is 5.26 Å². The first-order valence-corrected chi connectivity index (χ1v) is 9.64. The van der Waals surface area contributed by atoms with Gasteiger partial charge in [0.15, 0.2) is 5.72 Å². The van der Waals surface area contributed by atoms with Gasteiger partial charge in [0.2, 0.25) is 5.91 Å². The number of thioether (sulfide) groups is 1. The molecule has 136 valence electrons. The lowest BCUT2D eigenvalue weighted by Crippen LogP contribution is -2.48. The number of nitrogens with zero attached hydrogens (tertiary/aromatic N) is 2. The number of amides is 1. The van der Waals surface area contributed by atoms with Crippen molar-refractivity contribution in [2.45, 2.75) is 18.1 Å². The van der Waals surface area contributed by atoms with Gasteiger partial charge in [-0.25, -0.2) is 4.39 Å². The molecule has 4 nitrogen and oxygen atoms in total. The van der Waals surface area contributed by atoms with E-state index in [1.165, 1.54) is 40.9 Å². The Balaban J connectivity index is 1.81. The van der Waals surface area contributed by atoms with Crippen LogP contribution in [0.25, 0.3) is 0 Å². The Morgan fingerprint density at radius 1 is 1.30 bits per heavy atom. The number of rotatable bonds is 2. The lowest BCUT2D eigenvalue weighted by Gasteiger charge is -2.38. The van der Waals surface area contributed by atoms with Gasteiger partial charge < -0.3 is 5.11 Å². The van der Waals surface area contributed by atoms with Crippen molar-refractivity contribution in [3.05, 3.63) is 81.1 Å². The Hall–Kier alpha value is -2.33. The van der Waals surface area contributed by atoms with Crippen molar-refractivity contribution in [3.8, 4) is 6.07 Å². The van der Waals surface area contributed by atoms with Crippen LogP contribution in [0.4, 0.5) is 4.39 Å². The minimum atomic E-state index is -1.60. The van der Waals surface area contributed by atoms with Crippen LogP contribution in [-0.4, -0.2) is 21.7 Å². The molecule has 2 aliphatic heterocycles. The number of nitriles is 1. The quantitative estimate of drug-likeness (QED) is 0.823. The molecule has 7 heteroatoms. The van der Waals surface area contributed by atoms with E-state index in [0.29, 0.717) is 21.2 Å². The predicted octanol–water partition coefficient (Wildman–Crippen LogP) is 4.12. The summed E-state index contributed by atoms with van der Waals surface area (Å²) in [5.74, 6) is -0.943. The summed E-state index contributed by atoms with van der Waals surface area (Å²) in [5.41, 5.74) is 0.0298. The Morgan fingerprint density at radius 3 is 2.70 bits per heavy atom. The molecule has 2 aliphatic rings. The fraction of sp³-hybridized carbons (Fsp3) is 0.200. The van der Waals surface area contributed by atoms with E-state index in [1.807, 2.05) is 6.07 Å². The van der Waals surface area contributed by atoms with Crippen LogP contribution >= 0.6 is 23.4 Å². The van der Waals surface area contributed by atoms with Crippen molar-refractivity contribution in [3.63, 3.8) is 0 Å². The van der Waals surface area contributed by atoms with Crippen molar-refractivity contribution in [2.75, 3.05) is 5.75 Å². The highest BCUT2D eigenvalue weighted by molar-refractivity contribution is 8.03.